The Kier molecular flexibility index (Phi) is 11.4. The Bertz CT molecular complexity index is 1750. The summed E-state index contributed by atoms with van der Waals surface area (Å²) in [6.45, 7) is 4.92. The largest absolute Gasteiger partial charge is 0.350 e. The molecule has 0 bridgehead atoms. The monoisotopic (exact) mass is 729 g/mol. The lowest BCUT2D eigenvalue weighted by Gasteiger charge is -2.35. The summed E-state index contributed by atoms with van der Waals surface area (Å²) in [5.74, 6) is -0.977. The van der Waals surface area contributed by atoms with Crippen molar-refractivity contribution in [2.45, 2.75) is 50.2 Å². The highest BCUT2D eigenvalue weighted by Gasteiger charge is 2.36. The molecule has 0 aliphatic rings. The summed E-state index contributed by atoms with van der Waals surface area (Å²) in [6.07, 6.45) is 0.183. The van der Waals surface area contributed by atoms with Gasteiger partial charge in [-0.2, -0.15) is 0 Å². The van der Waals surface area contributed by atoms with Gasteiger partial charge in [0.15, 0.2) is 0 Å². The summed E-state index contributed by atoms with van der Waals surface area (Å²) in [7, 11) is -4.20. The third kappa shape index (κ3) is 9.33. The molecule has 236 valence electrons. The quantitative estimate of drug-likeness (QED) is 0.173. The van der Waals surface area contributed by atoms with E-state index in [4.69, 9.17) is 23.2 Å². The number of rotatable bonds is 11. The average Bonchev–Trinajstić information content (AvgIpc) is 2.98. The van der Waals surface area contributed by atoms with Crippen LogP contribution >= 0.6 is 39.1 Å². The van der Waals surface area contributed by atoms with Crippen molar-refractivity contribution in [3.05, 3.63) is 129 Å². The molecule has 1 N–H and O–H groups in total. The molecule has 0 aliphatic heterocycles. The molecule has 4 aromatic carbocycles. The molecule has 2 amide bonds. The highest BCUT2D eigenvalue weighted by atomic mass is 79.9. The Balaban J connectivity index is 1.84. The van der Waals surface area contributed by atoms with Gasteiger partial charge in [0.25, 0.3) is 10.0 Å². The molecule has 0 unspecified atom stereocenters. The van der Waals surface area contributed by atoms with E-state index in [1.165, 1.54) is 17.0 Å². The topological polar surface area (TPSA) is 86.8 Å². The van der Waals surface area contributed by atoms with Gasteiger partial charge in [0.2, 0.25) is 11.8 Å². The van der Waals surface area contributed by atoms with Crippen molar-refractivity contribution >= 4 is 66.7 Å². The number of carbonyl (C=O) groups excluding carboxylic acids is 2. The first-order valence-corrected chi connectivity index (χ1v) is 17.2. The lowest BCUT2D eigenvalue weighted by Crippen LogP contribution is -2.56. The summed E-state index contributed by atoms with van der Waals surface area (Å²) >= 11 is 16.1. The van der Waals surface area contributed by atoms with Gasteiger partial charge in [-0.25, -0.2) is 8.42 Å². The average molecular weight is 732 g/mol. The van der Waals surface area contributed by atoms with E-state index in [1.54, 1.807) is 60.7 Å². The van der Waals surface area contributed by atoms with Crippen LogP contribution in [0.4, 0.5) is 5.69 Å². The van der Waals surface area contributed by atoms with Gasteiger partial charge in [-0.15, -0.1) is 0 Å². The second-order valence-electron chi connectivity index (χ2n) is 11.5. The number of anilines is 1. The van der Waals surface area contributed by atoms with Crippen LogP contribution in [-0.2, 0) is 32.6 Å². The van der Waals surface area contributed by atoms with Crippen LogP contribution in [0.25, 0.3) is 0 Å². The van der Waals surface area contributed by atoms with E-state index >= 15 is 0 Å². The van der Waals surface area contributed by atoms with E-state index in [9.17, 15) is 18.0 Å². The highest BCUT2D eigenvalue weighted by molar-refractivity contribution is 9.10. The summed E-state index contributed by atoms with van der Waals surface area (Å²) in [4.78, 5) is 29.9. The van der Waals surface area contributed by atoms with Crippen LogP contribution in [0.1, 0.15) is 31.9 Å². The number of halogens is 3. The van der Waals surface area contributed by atoms with Gasteiger partial charge in [-0.1, -0.05) is 99.8 Å². The van der Waals surface area contributed by atoms with Crippen LogP contribution in [0.3, 0.4) is 0 Å². The molecular weight excluding hydrogens is 697 g/mol. The number of nitrogens with zero attached hydrogens (tertiary/aromatic N) is 2. The number of carbonyl (C=O) groups is 2. The molecule has 45 heavy (non-hydrogen) atoms. The molecule has 0 saturated carbocycles. The molecular formula is C34H34BrCl2N3O4S. The van der Waals surface area contributed by atoms with Crippen LogP contribution in [0.2, 0.25) is 10.0 Å². The normalized spacial score (nSPS) is 12.3. The first-order chi connectivity index (χ1) is 21.2. The fourth-order valence-corrected chi connectivity index (χ4v) is 7.00. The second kappa shape index (κ2) is 14.8. The molecule has 4 aromatic rings. The standard InChI is InChI=1S/C34H34BrCl2N3O4S/c1-34(2,3)38-33(42)31(19-24-11-6-4-7-12-24)39(22-25-17-18-27(36)21-30(25)37)32(41)23-40(28-14-10-13-26(35)20-28)45(43,44)29-15-8-5-9-16-29/h4-18,20-21,31H,19,22-23H2,1-3H3,(H,38,42)/t31-/m1/s1. The van der Waals surface area contributed by atoms with Gasteiger partial charge in [0.1, 0.15) is 12.6 Å². The van der Waals surface area contributed by atoms with Crippen molar-refractivity contribution in [2.75, 3.05) is 10.8 Å². The van der Waals surface area contributed by atoms with E-state index in [1.807, 2.05) is 51.1 Å². The molecule has 0 saturated heterocycles. The van der Waals surface area contributed by atoms with Crippen LogP contribution < -0.4 is 9.62 Å². The number of benzene rings is 4. The summed E-state index contributed by atoms with van der Waals surface area (Å²) in [5.41, 5.74) is 1.06. The maximum Gasteiger partial charge on any atom is 0.264 e. The van der Waals surface area contributed by atoms with Gasteiger partial charge < -0.3 is 10.2 Å². The molecule has 11 heteroatoms. The first kappa shape index (κ1) is 34.5. The molecule has 1 atom stereocenters. The van der Waals surface area contributed by atoms with Crippen LogP contribution in [-0.4, -0.2) is 43.3 Å². The van der Waals surface area contributed by atoms with E-state index in [2.05, 4.69) is 21.2 Å². The predicted octanol–water partition coefficient (Wildman–Crippen LogP) is 7.51. The van der Waals surface area contributed by atoms with Gasteiger partial charge in [0, 0.05) is 33.0 Å². The predicted molar refractivity (Wildman–Crippen MR) is 184 cm³/mol. The zero-order valence-electron chi connectivity index (χ0n) is 25.1. The molecule has 7 nitrogen and oxygen atoms in total. The smallest absolute Gasteiger partial charge is 0.264 e. The first-order valence-electron chi connectivity index (χ1n) is 14.2. The zero-order chi connectivity index (χ0) is 32.8. The minimum absolute atomic E-state index is 0.0244. The molecule has 0 aromatic heterocycles. The molecule has 0 aliphatic carbocycles. The Morgan fingerprint density at radius 3 is 2.11 bits per heavy atom. The Morgan fingerprint density at radius 2 is 1.51 bits per heavy atom. The van der Waals surface area contributed by atoms with Gasteiger partial charge in [-0.05, 0) is 74.4 Å². The van der Waals surface area contributed by atoms with Crippen LogP contribution in [0, 0.1) is 0 Å². The van der Waals surface area contributed by atoms with Gasteiger partial charge in [0.05, 0.1) is 10.6 Å². The molecule has 0 heterocycles. The summed E-state index contributed by atoms with van der Waals surface area (Å²) in [5, 5.41) is 3.74. The molecule has 0 fully saturated rings. The third-order valence-corrected chi connectivity index (χ3v) is 9.70. The van der Waals surface area contributed by atoms with Crippen molar-refractivity contribution in [2.24, 2.45) is 0 Å². The number of nitrogens with one attached hydrogen (secondary N) is 1. The lowest BCUT2D eigenvalue weighted by atomic mass is 10.0. The second-order valence-corrected chi connectivity index (χ2v) is 15.1. The SMILES string of the molecule is CC(C)(C)NC(=O)[C@@H](Cc1ccccc1)N(Cc1ccc(Cl)cc1Cl)C(=O)CN(c1cccc(Br)c1)S(=O)(=O)c1ccccc1. The number of amides is 2. The Hall–Kier alpha value is -3.37. The third-order valence-electron chi connectivity index (χ3n) is 6.83. The van der Waals surface area contributed by atoms with Crippen molar-refractivity contribution < 1.29 is 18.0 Å². The molecule has 0 radical (unpaired) electrons. The van der Waals surface area contributed by atoms with Gasteiger partial charge in [-0.3, -0.25) is 13.9 Å². The summed E-state index contributed by atoms with van der Waals surface area (Å²) < 4.78 is 29.8. The van der Waals surface area contributed by atoms with E-state index in [0.717, 1.165) is 9.87 Å². The van der Waals surface area contributed by atoms with Crippen molar-refractivity contribution in [1.82, 2.24) is 10.2 Å². The maximum atomic E-state index is 14.5. The van der Waals surface area contributed by atoms with Crippen molar-refractivity contribution in [1.29, 1.82) is 0 Å². The molecule has 4 rings (SSSR count). The van der Waals surface area contributed by atoms with Crippen molar-refractivity contribution in [3.8, 4) is 0 Å². The lowest BCUT2D eigenvalue weighted by molar-refractivity contribution is -0.140. The number of hydrogen-bond donors (Lipinski definition) is 1. The minimum Gasteiger partial charge on any atom is -0.350 e. The van der Waals surface area contributed by atoms with E-state index in [0.29, 0.717) is 20.1 Å². The minimum atomic E-state index is -4.20. The van der Waals surface area contributed by atoms with Crippen LogP contribution in [0.15, 0.2) is 112 Å². The summed E-state index contributed by atoms with van der Waals surface area (Å²) in [6, 6.07) is 27.9. The van der Waals surface area contributed by atoms with E-state index in [-0.39, 0.29) is 29.5 Å². The zero-order valence-corrected chi connectivity index (χ0v) is 29.0. The van der Waals surface area contributed by atoms with E-state index < -0.39 is 34.1 Å². The Morgan fingerprint density at radius 1 is 0.867 bits per heavy atom. The fraction of sp³-hybridized carbons (Fsp3) is 0.235. The maximum absolute atomic E-state index is 14.5. The Labute approximate surface area is 283 Å². The fourth-order valence-electron chi connectivity index (χ4n) is 4.72. The van der Waals surface area contributed by atoms with Crippen LogP contribution in [0.5, 0.6) is 0 Å². The highest BCUT2D eigenvalue weighted by Crippen LogP contribution is 2.28. The number of sulfonamides is 1. The molecule has 0 spiro atoms. The van der Waals surface area contributed by atoms with Crippen molar-refractivity contribution in [3.63, 3.8) is 0 Å². The number of hydrogen-bond acceptors (Lipinski definition) is 4. The van der Waals surface area contributed by atoms with Gasteiger partial charge >= 0.3 is 0 Å².